The van der Waals surface area contributed by atoms with Gasteiger partial charge in [0.25, 0.3) is 7.82 Å². The lowest BCUT2D eigenvalue weighted by atomic mass is 10.0. The molecule has 10 heteroatoms. The van der Waals surface area contributed by atoms with Gasteiger partial charge in [-0.1, -0.05) is 229 Å². The van der Waals surface area contributed by atoms with Crippen molar-refractivity contribution in [3.05, 3.63) is 60.8 Å². The van der Waals surface area contributed by atoms with Crippen LogP contribution in [0.5, 0.6) is 0 Å². The molecule has 0 aromatic heterocycles. The highest BCUT2D eigenvalue weighted by atomic mass is 31.2. The van der Waals surface area contributed by atoms with Crippen LogP contribution in [0.25, 0.3) is 0 Å². The van der Waals surface area contributed by atoms with Gasteiger partial charge in [-0.2, -0.15) is 0 Å². The third-order valence-corrected chi connectivity index (χ3v) is 13.5. The lowest BCUT2D eigenvalue weighted by molar-refractivity contribution is -0.870. The zero-order valence-electron chi connectivity index (χ0n) is 46.2. The van der Waals surface area contributed by atoms with Crippen molar-refractivity contribution < 1.29 is 42.1 Å². The van der Waals surface area contributed by atoms with Gasteiger partial charge in [-0.25, -0.2) is 0 Å². The molecule has 0 aromatic rings. The molecule has 0 N–H and O–H groups in total. The largest absolute Gasteiger partial charge is 0.756 e. The van der Waals surface area contributed by atoms with Crippen molar-refractivity contribution in [2.24, 2.45) is 0 Å². The molecular formula is C60H110NO8P. The van der Waals surface area contributed by atoms with Gasteiger partial charge >= 0.3 is 11.9 Å². The summed E-state index contributed by atoms with van der Waals surface area (Å²) in [6.07, 6.45) is 65.5. The number of hydrogen-bond donors (Lipinski definition) is 0. The van der Waals surface area contributed by atoms with Crippen LogP contribution in [0.2, 0.25) is 0 Å². The Kier molecular flexibility index (Phi) is 49.9. The third kappa shape index (κ3) is 55.0. The van der Waals surface area contributed by atoms with Gasteiger partial charge in [0.2, 0.25) is 0 Å². The SMILES string of the molecule is CC/C=C\C/C=C\C/C=C\C/C=C\CCCCCCCCCCC(=O)OC(COC(=O)CCCCCCCCCCCCCCC/C=C\CCCCCCCCCC)COP(=O)([O-])OCC[N+](C)(C)C. The number of allylic oxidation sites excluding steroid dienone is 10. The van der Waals surface area contributed by atoms with Crippen LogP contribution in [0.3, 0.4) is 0 Å². The molecule has 2 atom stereocenters. The summed E-state index contributed by atoms with van der Waals surface area (Å²) in [5.41, 5.74) is 0. The zero-order chi connectivity index (χ0) is 51.3. The van der Waals surface area contributed by atoms with E-state index in [1.165, 1.54) is 154 Å². The first-order valence-electron chi connectivity index (χ1n) is 29.0. The van der Waals surface area contributed by atoms with E-state index < -0.39 is 26.5 Å². The molecule has 0 bridgehead atoms. The maximum Gasteiger partial charge on any atom is 0.306 e. The van der Waals surface area contributed by atoms with Gasteiger partial charge < -0.3 is 27.9 Å². The Morgan fingerprint density at radius 3 is 1.23 bits per heavy atom. The molecule has 0 heterocycles. The van der Waals surface area contributed by atoms with Gasteiger partial charge in [0, 0.05) is 12.8 Å². The number of ether oxygens (including phenoxy) is 2. The molecule has 0 fully saturated rings. The van der Waals surface area contributed by atoms with Crippen LogP contribution in [0.15, 0.2) is 60.8 Å². The van der Waals surface area contributed by atoms with Crippen molar-refractivity contribution in [1.82, 2.24) is 0 Å². The van der Waals surface area contributed by atoms with Crippen molar-refractivity contribution in [3.63, 3.8) is 0 Å². The molecule has 0 aromatic carbocycles. The van der Waals surface area contributed by atoms with E-state index in [2.05, 4.69) is 74.6 Å². The average molecular weight is 1000 g/mol. The Balaban J connectivity index is 4.16. The summed E-state index contributed by atoms with van der Waals surface area (Å²) >= 11 is 0. The fourth-order valence-corrected chi connectivity index (χ4v) is 8.78. The number of carbonyl (C=O) groups excluding carboxylic acids is 2. The number of rotatable bonds is 53. The van der Waals surface area contributed by atoms with E-state index in [9.17, 15) is 19.0 Å². The topological polar surface area (TPSA) is 111 Å². The first-order chi connectivity index (χ1) is 34.0. The summed E-state index contributed by atoms with van der Waals surface area (Å²) in [7, 11) is 1.16. The molecule has 0 saturated carbocycles. The Labute approximate surface area is 432 Å². The summed E-state index contributed by atoms with van der Waals surface area (Å²) in [6, 6.07) is 0. The first kappa shape index (κ1) is 67.7. The van der Waals surface area contributed by atoms with Gasteiger partial charge in [-0.3, -0.25) is 14.2 Å². The minimum atomic E-state index is -4.64. The predicted molar refractivity (Wildman–Crippen MR) is 296 cm³/mol. The Bertz CT molecular complexity index is 1370. The van der Waals surface area contributed by atoms with Crippen molar-refractivity contribution in [3.8, 4) is 0 Å². The van der Waals surface area contributed by atoms with Crippen LogP contribution in [0, 0.1) is 0 Å². The monoisotopic (exact) mass is 1000 g/mol. The highest BCUT2D eigenvalue weighted by Gasteiger charge is 2.22. The van der Waals surface area contributed by atoms with Gasteiger partial charge in [0.05, 0.1) is 27.7 Å². The number of hydrogen-bond acceptors (Lipinski definition) is 8. The maximum absolute atomic E-state index is 12.8. The molecule has 0 aliphatic heterocycles. The second kappa shape index (κ2) is 51.6. The number of phosphoric ester groups is 1. The second-order valence-corrected chi connectivity index (χ2v) is 22.0. The van der Waals surface area contributed by atoms with E-state index in [0.29, 0.717) is 17.4 Å². The highest BCUT2D eigenvalue weighted by Crippen LogP contribution is 2.38. The Morgan fingerprint density at radius 2 is 0.814 bits per heavy atom. The number of unbranched alkanes of at least 4 members (excludes halogenated alkanes) is 29. The molecule has 70 heavy (non-hydrogen) atoms. The molecule has 408 valence electrons. The number of esters is 2. The van der Waals surface area contributed by atoms with E-state index in [0.717, 1.165) is 70.6 Å². The van der Waals surface area contributed by atoms with E-state index >= 15 is 0 Å². The lowest BCUT2D eigenvalue weighted by Crippen LogP contribution is -2.37. The normalized spacial score (nSPS) is 13.7. The molecule has 9 nitrogen and oxygen atoms in total. The van der Waals surface area contributed by atoms with E-state index in [-0.39, 0.29) is 32.0 Å². The van der Waals surface area contributed by atoms with E-state index in [1.54, 1.807) is 0 Å². The molecule has 2 unspecified atom stereocenters. The van der Waals surface area contributed by atoms with E-state index in [4.69, 9.17) is 18.5 Å². The molecule has 0 amide bonds. The minimum Gasteiger partial charge on any atom is -0.756 e. The highest BCUT2D eigenvalue weighted by molar-refractivity contribution is 7.45. The Hall–Kier alpha value is -2.29. The van der Waals surface area contributed by atoms with Crippen LogP contribution < -0.4 is 4.89 Å². The maximum atomic E-state index is 12.8. The molecule has 0 rings (SSSR count). The van der Waals surface area contributed by atoms with Crippen LogP contribution in [-0.2, 0) is 32.7 Å². The smallest absolute Gasteiger partial charge is 0.306 e. The van der Waals surface area contributed by atoms with Crippen molar-refractivity contribution in [1.29, 1.82) is 0 Å². The molecule has 0 aliphatic rings. The molecule has 0 saturated heterocycles. The Morgan fingerprint density at radius 1 is 0.457 bits per heavy atom. The number of phosphoric acid groups is 1. The number of likely N-dealkylation sites (N-methyl/N-ethyl adjacent to an activating group) is 1. The quantitative estimate of drug-likeness (QED) is 0.0195. The third-order valence-electron chi connectivity index (χ3n) is 12.5. The van der Waals surface area contributed by atoms with Crippen molar-refractivity contribution >= 4 is 19.8 Å². The van der Waals surface area contributed by atoms with Gasteiger partial charge in [-0.05, 0) is 77.0 Å². The fourth-order valence-electron chi connectivity index (χ4n) is 8.05. The summed E-state index contributed by atoms with van der Waals surface area (Å²) in [5.74, 6) is -0.837. The lowest BCUT2D eigenvalue weighted by Gasteiger charge is -2.28. The molecule has 0 spiro atoms. The summed E-state index contributed by atoms with van der Waals surface area (Å²) in [6.45, 7) is 4.14. The van der Waals surface area contributed by atoms with Crippen molar-refractivity contribution in [2.75, 3.05) is 47.5 Å². The number of nitrogens with zero attached hydrogens (tertiary/aromatic N) is 1. The fraction of sp³-hybridized carbons (Fsp3) is 0.800. The second-order valence-electron chi connectivity index (χ2n) is 20.6. The van der Waals surface area contributed by atoms with Gasteiger partial charge in [0.1, 0.15) is 19.8 Å². The zero-order valence-corrected chi connectivity index (χ0v) is 47.1. The van der Waals surface area contributed by atoms with E-state index in [1.807, 2.05) is 21.1 Å². The van der Waals surface area contributed by atoms with Crippen LogP contribution in [0.4, 0.5) is 0 Å². The van der Waals surface area contributed by atoms with Crippen LogP contribution >= 0.6 is 7.82 Å². The average Bonchev–Trinajstić information content (AvgIpc) is 3.32. The summed E-state index contributed by atoms with van der Waals surface area (Å²) < 4.78 is 34.2. The predicted octanol–water partition coefficient (Wildman–Crippen LogP) is 17.3. The minimum absolute atomic E-state index is 0.0339. The first-order valence-corrected chi connectivity index (χ1v) is 30.5. The molecular weight excluding hydrogens is 894 g/mol. The van der Waals surface area contributed by atoms with Crippen molar-refractivity contribution in [2.45, 2.75) is 264 Å². The standard InChI is InChI=1S/C60H110NO8P/c1-6-8-10-12-14-16-18-20-22-24-26-28-29-30-31-33-34-36-38-40-42-44-46-48-50-52-59(62)66-56-58(57-68-70(64,65)67-55-54-61(3,4)5)69-60(63)53-51-49-47-45-43-41-39-37-35-32-27-25-23-21-19-17-15-13-11-9-7-2/h9,11,15,17,21,23-24,26-27,32,58H,6-8,10,12-14,16,18-20,22,25,28-31,33-57H2,1-5H3/b11-9-,17-15-,23-21-,26-24-,32-27-. The summed E-state index contributed by atoms with van der Waals surface area (Å²) in [5, 5.41) is 0. The van der Waals surface area contributed by atoms with Gasteiger partial charge in [-0.15, -0.1) is 0 Å². The molecule has 0 radical (unpaired) electrons. The van der Waals surface area contributed by atoms with Gasteiger partial charge in [0.15, 0.2) is 6.10 Å². The number of carbonyl (C=O) groups is 2. The number of quaternary nitrogens is 1. The summed E-state index contributed by atoms with van der Waals surface area (Å²) in [4.78, 5) is 37.9. The van der Waals surface area contributed by atoms with Crippen LogP contribution in [-0.4, -0.2) is 70.0 Å². The molecule has 0 aliphatic carbocycles. The van der Waals surface area contributed by atoms with Crippen LogP contribution in [0.1, 0.15) is 258 Å².